The van der Waals surface area contributed by atoms with Crippen molar-refractivity contribution >= 4 is 17.8 Å². The Kier molecular flexibility index (Phi) is 8.13. The highest BCUT2D eigenvalue weighted by Crippen LogP contribution is 2.44. The zero-order chi connectivity index (χ0) is 29.3. The molecule has 2 saturated heterocycles. The van der Waals surface area contributed by atoms with Crippen LogP contribution in [-0.4, -0.2) is 81.4 Å². The zero-order valence-electron chi connectivity index (χ0n) is 23.7. The van der Waals surface area contributed by atoms with Crippen LogP contribution in [-0.2, 0) is 20.7 Å². The number of Topliss-reactive ketones (excluding diaryl/α,β-unsaturated/α-hetero) is 1. The average Bonchev–Trinajstić information content (AvgIpc) is 3.69. The second-order valence-corrected chi connectivity index (χ2v) is 12.1. The number of likely N-dealkylation sites (tertiary alicyclic amines) is 1. The molecule has 2 aromatic rings. The molecule has 2 amide bonds. The molecule has 11 heteroatoms. The van der Waals surface area contributed by atoms with Gasteiger partial charge in [-0.1, -0.05) is 6.07 Å². The highest BCUT2D eigenvalue weighted by atomic mass is 19.1. The van der Waals surface area contributed by atoms with Gasteiger partial charge in [0.2, 0.25) is 0 Å². The van der Waals surface area contributed by atoms with Gasteiger partial charge in [0, 0.05) is 31.7 Å². The van der Waals surface area contributed by atoms with Crippen LogP contribution in [0.3, 0.4) is 0 Å². The quantitative estimate of drug-likeness (QED) is 0.500. The van der Waals surface area contributed by atoms with Crippen molar-refractivity contribution < 1.29 is 28.2 Å². The predicted molar refractivity (Wildman–Crippen MR) is 146 cm³/mol. The van der Waals surface area contributed by atoms with E-state index in [9.17, 15) is 19.6 Å². The second-order valence-electron chi connectivity index (χ2n) is 12.1. The van der Waals surface area contributed by atoms with Gasteiger partial charge < -0.3 is 14.4 Å². The van der Waals surface area contributed by atoms with Crippen molar-refractivity contribution in [3.8, 4) is 11.8 Å². The summed E-state index contributed by atoms with van der Waals surface area (Å²) in [5.41, 5.74) is 0.468. The third kappa shape index (κ3) is 6.27. The lowest BCUT2D eigenvalue weighted by molar-refractivity contribution is -0.126. The molecule has 4 atom stereocenters. The van der Waals surface area contributed by atoms with Crippen LogP contribution in [0.5, 0.6) is 0 Å². The number of morpholine rings is 1. The summed E-state index contributed by atoms with van der Waals surface area (Å²) >= 11 is 0. The molecule has 1 aliphatic carbocycles. The van der Waals surface area contributed by atoms with E-state index in [1.165, 1.54) is 16.9 Å². The number of benzene rings is 1. The molecular formula is C30H36FN5O5. The van der Waals surface area contributed by atoms with E-state index in [0.717, 1.165) is 19.3 Å². The Morgan fingerprint density at radius 2 is 1.98 bits per heavy atom. The molecule has 1 aromatic carbocycles. The summed E-state index contributed by atoms with van der Waals surface area (Å²) in [6.07, 6.45) is 4.97. The second kappa shape index (κ2) is 11.6. The number of amides is 2. The van der Waals surface area contributed by atoms with Crippen molar-refractivity contribution in [2.24, 2.45) is 11.8 Å². The first-order chi connectivity index (χ1) is 19.5. The standard InChI is InChI=1S/C30H36FN5O5/c1-30(2,3)41-29(39)36-24-7-5-21(14-24)27(36)26(37)13-19(16-32)12-20-4-6-23(15-25(20)31)35-18-22(17-33-35)28(38)34-8-10-40-11-9-34/h4,6,15,17-19,21,24,27H,5,7-14H2,1-3H3/t19-,21+,24-,27+/m1/s1. The number of nitriles is 1. The molecule has 5 rings (SSSR count). The van der Waals surface area contributed by atoms with Crippen molar-refractivity contribution in [1.82, 2.24) is 19.6 Å². The molecule has 0 radical (unpaired) electrons. The van der Waals surface area contributed by atoms with Gasteiger partial charge in [0.15, 0.2) is 5.78 Å². The zero-order valence-corrected chi connectivity index (χ0v) is 23.7. The molecule has 3 aliphatic rings. The van der Waals surface area contributed by atoms with E-state index in [1.807, 2.05) is 0 Å². The van der Waals surface area contributed by atoms with Crippen LogP contribution in [0.4, 0.5) is 9.18 Å². The number of aromatic nitrogens is 2. The number of nitrogens with zero attached hydrogens (tertiary/aromatic N) is 5. The lowest BCUT2D eigenvalue weighted by atomic mass is 9.88. The van der Waals surface area contributed by atoms with Gasteiger partial charge in [-0.3, -0.25) is 14.5 Å². The van der Waals surface area contributed by atoms with E-state index in [4.69, 9.17) is 9.47 Å². The number of rotatable bonds is 7. The summed E-state index contributed by atoms with van der Waals surface area (Å²) in [6, 6.07) is 6.08. The van der Waals surface area contributed by atoms with Gasteiger partial charge in [-0.15, -0.1) is 0 Å². The van der Waals surface area contributed by atoms with Crippen molar-refractivity contribution in [2.75, 3.05) is 26.3 Å². The third-order valence-corrected chi connectivity index (χ3v) is 8.04. The number of halogens is 1. The summed E-state index contributed by atoms with van der Waals surface area (Å²) in [5, 5.41) is 14.1. The summed E-state index contributed by atoms with van der Waals surface area (Å²) in [6.45, 7) is 7.37. The van der Waals surface area contributed by atoms with Crippen LogP contribution in [0.1, 0.15) is 62.4 Å². The highest BCUT2D eigenvalue weighted by Gasteiger charge is 2.52. The van der Waals surface area contributed by atoms with E-state index in [2.05, 4.69) is 11.2 Å². The lowest BCUT2D eigenvalue weighted by Gasteiger charge is -2.35. The number of carbonyl (C=O) groups excluding carboxylic acids is 3. The third-order valence-electron chi connectivity index (χ3n) is 8.04. The van der Waals surface area contributed by atoms with Crippen LogP contribution in [0.15, 0.2) is 30.6 Å². The molecular weight excluding hydrogens is 529 g/mol. The summed E-state index contributed by atoms with van der Waals surface area (Å²) in [7, 11) is 0. The fourth-order valence-electron chi connectivity index (χ4n) is 6.14. The Hall–Kier alpha value is -3.78. The van der Waals surface area contributed by atoms with Crippen LogP contribution in [0.25, 0.3) is 5.69 Å². The molecule has 3 heterocycles. The molecule has 1 aromatic heterocycles. The molecule has 3 fully saturated rings. The topological polar surface area (TPSA) is 118 Å². The van der Waals surface area contributed by atoms with Crippen molar-refractivity contribution in [2.45, 2.75) is 70.6 Å². The summed E-state index contributed by atoms with van der Waals surface area (Å²) < 4.78 is 27.5. The Labute approximate surface area is 239 Å². The van der Waals surface area contributed by atoms with Gasteiger partial charge in [0.1, 0.15) is 11.4 Å². The lowest BCUT2D eigenvalue weighted by Crippen LogP contribution is -2.51. The number of carbonyl (C=O) groups is 3. The van der Waals surface area contributed by atoms with E-state index >= 15 is 4.39 Å². The first kappa shape index (κ1) is 28.7. The first-order valence-corrected chi connectivity index (χ1v) is 14.2. The molecule has 0 unspecified atom stereocenters. The van der Waals surface area contributed by atoms with Gasteiger partial charge >= 0.3 is 6.09 Å². The molecule has 2 bridgehead atoms. The number of hydrogen-bond acceptors (Lipinski definition) is 7. The summed E-state index contributed by atoms with van der Waals surface area (Å²) in [4.78, 5) is 42.3. The molecule has 0 spiro atoms. The number of ether oxygens (including phenoxy) is 2. The summed E-state index contributed by atoms with van der Waals surface area (Å²) in [5.74, 6) is -1.55. The smallest absolute Gasteiger partial charge is 0.411 e. The van der Waals surface area contributed by atoms with E-state index in [0.29, 0.717) is 43.1 Å². The number of piperidine rings is 1. The van der Waals surface area contributed by atoms with E-state index in [1.54, 1.807) is 48.9 Å². The van der Waals surface area contributed by atoms with Crippen molar-refractivity contribution in [3.63, 3.8) is 0 Å². The minimum Gasteiger partial charge on any atom is -0.444 e. The Bertz CT molecular complexity index is 1360. The number of fused-ring (bicyclic) bond motifs is 2. The van der Waals surface area contributed by atoms with Gasteiger partial charge in [-0.2, -0.15) is 10.4 Å². The van der Waals surface area contributed by atoms with Gasteiger partial charge in [0.05, 0.1) is 48.7 Å². The number of hydrogen-bond donors (Lipinski definition) is 0. The monoisotopic (exact) mass is 565 g/mol. The predicted octanol–water partition coefficient (Wildman–Crippen LogP) is 3.91. The van der Waals surface area contributed by atoms with Crippen LogP contribution < -0.4 is 0 Å². The molecule has 10 nitrogen and oxygen atoms in total. The molecule has 218 valence electrons. The maximum atomic E-state index is 15.2. The SMILES string of the molecule is CC(C)(C)OC(=O)N1[C@@H]2CC[C@@H](C2)[C@H]1C(=O)C[C@H](C#N)Cc1ccc(-n2cc(C(=O)N3CCOCC3)cn2)cc1F. The minimum absolute atomic E-state index is 0.0266. The maximum absolute atomic E-state index is 15.2. The van der Waals surface area contributed by atoms with Gasteiger partial charge in [-0.05, 0) is 70.1 Å². The van der Waals surface area contributed by atoms with Gasteiger partial charge in [0.25, 0.3) is 5.91 Å². The van der Waals surface area contributed by atoms with E-state index in [-0.39, 0.29) is 36.5 Å². The molecule has 41 heavy (non-hydrogen) atoms. The Morgan fingerprint density at radius 3 is 2.66 bits per heavy atom. The van der Waals surface area contributed by atoms with E-state index < -0.39 is 29.5 Å². The number of ketones is 1. The van der Waals surface area contributed by atoms with Crippen LogP contribution in [0, 0.1) is 29.0 Å². The molecule has 2 aliphatic heterocycles. The normalized spacial score (nSPS) is 22.9. The van der Waals surface area contributed by atoms with Gasteiger partial charge in [-0.25, -0.2) is 13.9 Å². The van der Waals surface area contributed by atoms with Crippen molar-refractivity contribution in [1.29, 1.82) is 5.26 Å². The Morgan fingerprint density at radius 1 is 1.22 bits per heavy atom. The average molecular weight is 566 g/mol. The minimum atomic E-state index is -0.745. The fraction of sp³-hybridized carbons (Fsp3) is 0.567. The molecule has 1 saturated carbocycles. The van der Waals surface area contributed by atoms with Crippen LogP contribution in [0.2, 0.25) is 0 Å². The highest BCUT2D eigenvalue weighted by molar-refractivity contribution is 5.94. The Balaban J connectivity index is 1.24. The largest absolute Gasteiger partial charge is 0.444 e. The maximum Gasteiger partial charge on any atom is 0.411 e. The van der Waals surface area contributed by atoms with Crippen LogP contribution >= 0.6 is 0 Å². The van der Waals surface area contributed by atoms with Crippen molar-refractivity contribution in [3.05, 3.63) is 47.5 Å². The first-order valence-electron chi connectivity index (χ1n) is 14.2. The fourth-order valence-corrected chi connectivity index (χ4v) is 6.14. The molecule has 0 N–H and O–H groups in total.